The van der Waals surface area contributed by atoms with Crippen LogP contribution in [0.3, 0.4) is 0 Å². The first-order valence-electron chi connectivity index (χ1n) is 7.32. The molecule has 1 aliphatic rings. The van der Waals surface area contributed by atoms with Crippen molar-refractivity contribution < 1.29 is 17.9 Å². The summed E-state index contributed by atoms with van der Waals surface area (Å²) in [6.07, 6.45) is 0.482. The SMILES string of the molecule is COc1ccc(C(=O)NC2CCS(=O)(=O)C2)cc1C(C)(C)C. The summed E-state index contributed by atoms with van der Waals surface area (Å²) in [5.74, 6) is 0.678. The zero-order valence-corrected chi connectivity index (χ0v) is 14.3. The van der Waals surface area contributed by atoms with E-state index in [1.54, 1.807) is 19.2 Å². The summed E-state index contributed by atoms with van der Waals surface area (Å²) in [5.41, 5.74) is 1.31. The molecule has 1 amide bonds. The van der Waals surface area contributed by atoms with Gasteiger partial charge < -0.3 is 10.1 Å². The van der Waals surface area contributed by atoms with Crippen LogP contribution in [-0.4, -0.2) is 39.0 Å². The lowest BCUT2D eigenvalue weighted by Crippen LogP contribution is -2.35. The van der Waals surface area contributed by atoms with Gasteiger partial charge in [0.25, 0.3) is 5.91 Å². The van der Waals surface area contributed by atoms with E-state index < -0.39 is 9.84 Å². The van der Waals surface area contributed by atoms with Gasteiger partial charge in [-0.3, -0.25) is 4.79 Å². The molecule has 1 heterocycles. The molecular formula is C16H23NO4S. The Morgan fingerprint density at radius 3 is 2.50 bits per heavy atom. The normalized spacial score (nSPS) is 20.6. The van der Waals surface area contributed by atoms with Crippen LogP contribution in [0.25, 0.3) is 0 Å². The number of hydrogen-bond donors (Lipinski definition) is 1. The highest BCUT2D eigenvalue weighted by Gasteiger charge is 2.29. The molecule has 0 spiro atoms. The van der Waals surface area contributed by atoms with Crippen molar-refractivity contribution in [2.75, 3.05) is 18.6 Å². The molecule has 1 saturated heterocycles. The molecular weight excluding hydrogens is 302 g/mol. The predicted octanol–water partition coefficient (Wildman–Crippen LogP) is 1.91. The molecule has 1 fully saturated rings. The van der Waals surface area contributed by atoms with Gasteiger partial charge in [-0.15, -0.1) is 0 Å². The maximum Gasteiger partial charge on any atom is 0.251 e. The van der Waals surface area contributed by atoms with Gasteiger partial charge in [0.15, 0.2) is 9.84 Å². The van der Waals surface area contributed by atoms with E-state index in [-0.39, 0.29) is 28.9 Å². The van der Waals surface area contributed by atoms with Crippen LogP contribution in [0.4, 0.5) is 0 Å². The van der Waals surface area contributed by atoms with Crippen molar-refractivity contribution in [1.82, 2.24) is 5.32 Å². The van der Waals surface area contributed by atoms with Crippen LogP contribution in [0, 0.1) is 0 Å². The molecule has 1 atom stereocenters. The smallest absolute Gasteiger partial charge is 0.251 e. The maximum atomic E-state index is 12.3. The Balaban J connectivity index is 2.20. The molecule has 1 aliphatic heterocycles. The molecule has 0 bridgehead atoms. The molecule has 1 aromatic carbocycles. The number of nitrogens with one attached hydrogen (secondary N) is 1. The number of benzene rings is 1. The molecule has 122 valence electrons. The predicted molar refractivity (Wildman–Crippen MR) is 86.2 cm³/mol. The Morgan fingerprint density at radius 1 is 1.32 bits per heavy atom. The number of ether oxygens (including phenoxy) is 1. The highest BCUT2D eigenvalue weighted by atomic mass is 32.2. The van der Waals surface area contributed by atoms with E-state index in [1.165, 1.54) is 0 Å². The second-order valence-corrected chi connectivity index (χ2v) is 8.97. The Morgan fingerprint density at radius 2 is 2.00 bits per heavy atom. The fourth-order valence-corrected chi connectivity index (χ4v) is 4.29. The van der Waals surface area contributed by atoms with E-state index in [0.717, 1.165) is 11.3 Å². The molecule has 0 saturated carbocycles. The number of amides is 1. The van der Waals surface area contributed by atoms with Crippen LogP contribution in [0.5, 0.6) is 5.75 Å². The van der Waals surface area contributed by atoms with Crippen LogP contribution in [0.15, 0.2) is 18.2 Å². The minimum absolute atomic E-state index is 0.0288. The Hall–Kier alpha value is -1.56. The number of carbonyl (C=O) groups excluding carboxylic acids is 1. The van der Waals surface area contributed by atoms with Crippen molar-refractivity contribution in [3.63, 3.8) is 0 Å². The van der Waals surface area contributed by atoms with E-state index in [4.69, 9.17) is 4.74 Å². The first-order valence-corrected chi connectivity index (χ1v) is 9.14. The van der Waals surface area contributed by atoms with Crippen LogP contribution >= 0.6 is 0 Å². The van der Waals surface area contributed by atoms with E-state index in [2.05, 4.69) is 26.1 Å². The molecule has 22 heavy (non-hydrogen) atoms. The quantitative estimate of drug-likeness (QED) is 0.921. The fourth-order valence-electron chi connectivity index (χ4n) is 2.61. The Kier molecular flexibility index (Phi) is 4.52. The first-order chi connectivity index (χ1) is 10.1. The molecule has 1 aromatic rings. The number of rotatable bonds is 3. The van der Waals surface area contributed by atoms with Gasteiger partial charge in [-0.05, 0) is 30.0 Å². The van der Waals surface area contributed by atoms with Crippen molar-refractivity contribution >= 4 is 15.7 Å². The van der Waals surface area contributed by atoms with Gasteiger partial charge in [-0.25, -0.2) is 8.42 Å². The molecule has 1 N–H and O–H groups in total. The van der Waals surface area contributed by atoms with Gasteiger partial charge in [0, 0.05) is 17.2 Å². The van der Waals surface area contributed by atoms with Crippen molar-refractivity contribution in [1.29, 1.82) is 0 Å². The van der Waals surface area contributed by atoms with Gasteiger partial charge >= 0.3 is 0 Å². The molecule has 5 nitrogen and oxygen atoms in total. The van der Waals surface area contributed by atoms with E-state index in [1.807, 2.05) is 6.07 Å². The van der Waals surface area contributed by atoms with Crippen LogP contribution in [0.2, 0.25) is 0 Å². The summed E-state index contributed by atoms with van der Waals surface area (Å²) in [5, 5.41) is 2.81. The lowest BCUT2D eigenvalue weighted by atomic mass is 9.85. The average molecular weight is 325 g/mol. The van der Waals surface area contributed by atoms with Gasteiger partial charge in [0.2, 0.25) is 0 Å². The molecule has 0 aromatic heterocycles. The number of hydrogen-bond acceptors (Lipinski definition) is 4. The molecule has 1 unspecified atom stereocenters. The molecule has 6 heteroatoms. The first kappa shape index (κ1) is 16.8. The highest BCUT2D eigenvalue weighted by molar-refractivity contribution is 7.91. The third kappa shape index (κ3) is 3.80. The highest BCUT2D eigenvalue weighted by Crippen LogP contribution is 2.32. The monoisotopic (exact) mass is 325 g/mol. The zero-order chi connectivity index (χ0) is 16.5. The standard InChI is InChI=1S/C16H23NO4S/c1-16(2,3)13-9-11(5-6-14(13)21-4)15(18)17-12-7-8-22(19,20)10-12/h5-6,9,12H,7-8,10H2,1-4H3,(H,17,18). The molecule has 0 radical (unpaired) electrons. The topological polar surface area (TPSA) is 72.5 Å². The third-order valence-electron chi connectivity index (χ3n) is 3.84. The van der Waals surface area contributed by atoms with Crippen LogP contribution in [-0.2, 0) is 15.3 Å². The van der Waals surface area contributed by atoms with E-state index in [0.29, 0.717) is 12.0 Å². The minimum atomic E-state index is -3.00. The third-order valence-corrected chi connectivity index (χ3v) is 5.61. The molecule has 0 aliphatic carbocycles. The molecule has 2 rings (SSSR count). The van der Waals surface area contributed by atoms with Crippen LogP contribution in [0.1, 0.15) is 43.1 Å². The summed E-state index contributed by atoms with van der Waals surface area (Å²) in [6.45, 7) is 6.16. The van der Waals surface area contributed by atoms with E-state index in [9.17, 15) is 13.2 Å². The summed E-state index contributed by atoms with van der Waals surface area (Å²) >= 11 is 0. The summed E-state index contributed by atoms with van der Waals surface area (Å²) < 4.78 is 28.3. The largest absolute Gasteiger partial charge is 0.496 e. The van der Waals surface area contributed by atoms with Crippen molar-refractivity contribution in [3.8, 4) is 5.75 Å². The summed E-state index contributed by atoms with van der Waals surface area (Å²) in [6, 6.07) is 5.00. The lowest BCUT2D eigenvalue weighted by Gasteiger charge is -2.23. The van der Waals surface area contributed by atoms with Gasteiger partial charge in [0.05, 0.1) is 18.6 Å². The Bertz CT molecular complexity index is 674. The number of methoxy groups -OCH3 is 1. The zero-order valence-electron chi connectivity index (χ0n) is 13.5. The average Bonchev–Trinajstić information content (AvgIpc) is 2.76. The number of sulfone groups is 1. The fraction of sp³-hybridized carbons (Fsp3) is 0.562. The van der Waals surface area contributed by atoms with Gasteiger partial charge in [-0.1, -0.05) is 20.8 Å². The van der Waals surface area contributed by atoms with Gasteiger partial charge in [0.1, 0.15) is 5.75 Å². The second kappa shape index (κ2) is 5.91. The van der Waals surface area contributed by atoms with E-state index >= 15 is 0 Å². The Labute approximate surface area is 132 Å². The maximum absolute atomic E-state index is 12.3. The number of carbonyl (C=O) groups is 1. The van der Waals surface area contributed by atoms with Crippen molar-refractivity contribution in [2.24, 2.45) is 0 Å². The van der Waals surface area contributed by atoms with Crippen molar-refractivity contribution in [3.05, 3.63) is 29.3 Å². The summed E-state index contributed by atoms with van der Waals surface area (Å²) in [4.78, 5) is 12.3. The van der Waals surface area contributed by atoms with Gasteiger partial charge in [-0.2, -0.15) is 0 Å². The second-order valence-electron chi connectivity index (χ2n) is 6.74. The van der Waals surface area contributed by atoms with Crippen LogP contribution < -0.4 is 10.1 Å². The van der Waals surface area contributed by atoms with Crippen molar-refractivity contribution in [2.45, 2.75) is 38.6 Å². The lowest BCUT2D eigenvalue weighted by molar-refractivity contribution is 0.0941. The minimum Gasteiger partial charge on any atom is -0.496 e. The summed E-state index contributed by atoms with van der Waals surface area (Å²) in [7, 11) is -1.40.